The summed E-state index contributed by atoms with van der Waals surface area (Å²) >= 11 is 4.35. The highest BCUT2D eigenvalue weighted by atomic mass is 127. The molecule has 4 aliphatic rings. The van der Waals surface area contributed by atoms with Gasteiger partial charge < -0.3 is 24.5 Å². The van der Waals surface area contributed by atoms with Crippen molar-refractivity contribution in [3.05, 3.63) is 293 Å². The SMILES string of the molecule is CCCCCc1ccc(N(c2ccc(CCCC)cc2)c2cc3c4c(c2)N(c2ccccc2)c2cc5c(cc2B4c2ccccc2N3c2ccccc2)B2c3ccccc3Sc3cc(N(c4ccc(I)cc4)c4ccc(CCCC)cc4)cc(c32)N5c2ccccc2)cc1. The van der Waals surface area contributed by atoms with Crippen molar-refractivity contribution in [1.82, 2.24) is 0 Å². The molecule has 12 aromatic rings. The van der Waals surface area contributed by atoms with Crippen LogP contribution in [0.1, 0.15) is 82.4 Å². The lowest BCUT2D eigenvalue weighted by Gasteiger charge is -2.47. The lowest BCUT2D eigenvalue weighted by molar-refractivity contribution is 0.717. The van der Waals surface area contributed by atoms with Gasteiger partial charge in [-0.1, -0.05) is 197 Å². The average molecular weight is 1350 g/mol. The van der Waals surface area contributed by atoms with Crippen molar-refractivity contribution in [2.75, 3.05) is 24.5 Å². The van der Waals surface area contributed by atoms with Crippen LogP contribution in [0.3, 0.4) is 0 Å². The highest BCUT2D eigenvalue weighted by Crippen LogP contribution is 2.52. The summed E-state index contributed by atoms with van der Waals surface area (Å²) in [6.45, 7) is 6.66. The van der Waals surface area contributed by atoms with E-state index in [9.17, 15) is 0 Å². The molecule has 0 aromatic heterocycles. The van der Waals surface area contributed by atoms with Crippen LogP contribution in [0.15, 0.2) is 283 Å². The third-order valence-electron chi connectivity index (χ3n) is 19.7. The Kier molecular flexibility index (Phi) is 16.5. The van der Waals surface area contributed by atoms with E-state index in [4.69, 9.17) is 0 Å². The topological polar surface area (TPSA) is 16.2 Å². The molecule has 0 spiro atoms. The van der Waals surface area contributed by atoms with Crippen molar-refractivity contribution >= 4 is 166 Å². The highest BCUT2D eigenvalue weighted by Gasteiger charge is 2.48. The molecule has 458 valence electrons. The first-order valence-corrected chi connectivity index (χ1v) is 35.9. The van der Waals surface area contributed by atoms with Crippen LogP contribution in [-0.2, 0) is 19.3 Å². The van der Waals surface area contributed by atoms with Gasteiger partial charge in [-0.2, -0.15) is 0 Å². The maximum atomic E-state index is 2.65. The molecule has 0 saturated carbocycles. The number of fused-ring (bicyclic) bond motifs is 8. The lowest BCUT2D eigenvalue weighted by Crippen LogP contribution is -2.64. The Hall–Kier alpha value is -9.15. The number of hydrogen-bond donors (Lipinski definition) is 0. The highest BCUT2D eigenvalue weighted by molar-refractivity contribution is 14.1. The van der Waals surface area contributed by atoms with Gasteiger partial charge >= 0.3 is 0 Å². The minimum absolute atomic E-state index is 0.0608. The van der Waals surface area contributed by atoms with E-state index in [0.717, 1.165) is 82.6 Å². The van der Waals surface area contributed by atoms with Gasteiger partial charge in [0, 0.05) is 93.0 Å². The first-order valence-electron chi connectivity index (χ1n) is 34.0. The first kappa shape index (κ1) is 59.8. The van der Waals surface area contributed by atoms with Crippen LogP contribution in [-0.4, -0.2) is 13.4 Å². The van der Waals surface area contributed by atoms with E-state index in [1.54, 1.807) is 0 Å². The van der Waals surface area contributed by atoms with Crippen molar-refractivity contribution in [3.63, 3.8) is 0 Å². The summed E-state index contributed by atoms with van der Waals surface area (Å²) < 4.78 is 1.21. The summed E-state index contributed by atoms with van der Waals surface area (Å²) in [6, 6.07) is 104. The Balaban J connectivity index is 0.966. The van der Waals surface area contributed by atoms with E-state index in [1.807, 2.05) is 11.8 Å². The fraction of sp³-hybridized carbons (Fsp3) is 0.153. The van der Waals surface area contributed by atoms with E-state index < -0.39 is 0 Å². The van der Waals surface area contributed by atoms with E-state index in [0.29, 0.717) is 0 Å². The minimum atomic E-state index is -0.123. The molecule has 5 nitrogen and oxygen atoms in total. The molecule has 0 unspecified atom stereocenters. The normalized spacial score (nSPS) is 13.0. The number of aryl methyl sites for hydroxylation is 3. The predicted octanol–water partition coefficient (Wildman–Crippen LogP) is 20.5. The molecule has 0 fully saturated rings. The van der Waals surface area contributed by atoms with Gasteiger partial charge in [0.25, 0.3) is 6.71 Å². The maximum Gasteiger partial charge on any atom is 0.252 e. The molecule has 0 bridgehead atoms. The van der Waals surface area contributed by atoms with E-state index >= 15 is 0 Å². The van der Waals surface area contributed by atoms with E-state index in [1.165, 1.54) is 130 Å². The summed E-state index contributed by atoms with van der Waals surface area (Å²) in [5.41, 5.74) is 29.1. The Morgan fingerprint density at radius 1 is 0.309 bits per heavy atom. The molecule has 4 heterocycles. The monoisotopic (exact) mass is 1350 g/mol. The van der Waals surface area contributed by atoms with Crippen LogP contribution < -0.4 is 57.3 Å². The molecular weight excluding hydrogens is 1270 g/mol. The van der Waals surface area contributed by atoms with Crippen LogP contribution in [0, 0.1) is 3.57 Å². The first-order chi connectivity index (χ1) is 46.4. The number of unbranched alkanes of at least 4 members (excludes halogenated alkanes) is 4. The smallest absolute Gasteiger partial charge is 0.252 e. The summed E-state index contributed by atoms with van der Waals surface area (Å²) in [7, 11) is 0. The quantitative estimate of drug-likeness (QED) is 0.0452. The molecule has 0 N–H and O–H groups in total. The standard InChI is InChI=1S/C85H74B2IN5S/c1-4-7-13-26-61-41-49-67(50-42-61)89(66-45-37-59(38-46-66)24-8-5-2)70-53-79-84-80(54-70)92(64-29-16-11-17-30-64)77-58-78-75(57-74(77)86(84)72-33-20-22-35-76(72)91(79)63-27-14-10-15-28-63)87-73-34-21-23-36-82(73)94-83-56-71(55-81(85(83)87)93(78)65-31-18-12-19-32-65)90(69-51-43-62(88)44-52-69)68-47-39-60(40-48-68)25-9-6-3/h10-12,14-23,27-58H,4-9,13,24-26H2,1-3H3. The molecule has 4 aliphatic heterocycles. The van der Waals surface area contributed by atoms with Crippen LogP contribution >= 0.6 is 34.4 Å². The van der Waals surface area contributed by atoms with Crippen LogP contribution in [0.25, 0.3) is 0 Å². The van der Waals surface area contributed by atoms with Crippen molar-refractivity contribution in [2.45, 2.75) is 94.8 Å². The molecule has 0 amide bonds. The van der Waals surface area contributed by atoms with Gasteiger partial charge in [0.1, 0.15) is 0 Å². The summed E-state index contributed by atoms with van der Waals surface area (Å²) in [6.07, 6.45) is 11.5. The second-order valence-corrected chi connectivity index (χ2v) is 28.0. The molecule has 12 aromatic carbocycles. The molecule has 0 atom stereocenters. The van der Waals surface area contributed by atoms with Gasteiger partial charge in [0.15, 0.2) is 0 Å². The van der Waals surface area contributed by atoms with Crippen molar-refractivity contribution < 1.29 is 0 Å². The van der Waals surface area contributed by atoms with Crippen LogP contribution in [0.2, 0.25) is 0 Å². The molecule has 9 heteroatoms. The fourth-order valence-electron chi connectivity index (χ4n) is 15.2. The average Bonchev–Trinajstić information content (AvgIpc) is 0.689. The zero-order valence-corrected chi connectivity index (χ0v) is 56.7. The number of benzene rings is 12. The van der Waals surface area contributed by atoms with Gasteiger partial charge in [-0.25, -0.2) is 0 Å². The summed E-state index contributed by atoms with van der Waals surface area (Å²) in [4.78, 5) is 15.3. The number of nitrogens with zero attached hydrogens (tertiary/aromatic N) is 5. The van der Waals surface area contributed by atoms with Gasteiger partial charge in [-0.15, -0.1) is 0 Å². The van der Waals surface area contributed by atoms with Crippen LogP contribution in [0.5, 0.6) is 0 Å². The van der Waals surface area contributed by atoms with Crippen molar-refractivity contribution in [2.24, 2.45) is 0 Å². The zero-order chi connectivity index (χ0) is 63.2. The minimum Gasteiger partial charge on any atom is -0.311 e. The molecule has 0 aliphatic carbocycles. The number of para-hydroxylation sites is 4. The number of halogens is 1. The maximum absolute atomic E-state index is 2.65. The second kappa shape index (κ2) is 26.0. The Morgan fingerprint density at radius 3 is 1.19 bits per heavy atom. The Bertz CT molecular complexity index is 4720. The molecular formula is C85H74B2IN5S. The van der Waals surface area contributed by atoms with Crippen molar-refractivity contribution in [1.29, 1.82) is 0 Å². The van der Waals surface area contributed by atoms with Gasteiger partial charge in [0.05, 0.1) is 5.69 Å². The van der Waals surface area contributed by atoms with Crippen LogP contribution in [0.4, 0.5) is 85.3 Å². The van der Waals surface area contributed by atoms with Gasteiger partial charge in [0.2, 0.25) is 6.71 Å². The number of rotatable bonds is 19. The lowest BCUT2D eigenvalue weighted by atomic mass is 9.30. The summed E-state index contributed by atoms with van der Waals surface area (Å²) in [5, 5.41) is 0. The third-order valence-corrected chi connectivity index (χ3v) is 21.5. The van der Waals surface area contributed by atoms with E-state index in [2.05, 4.69) is 341 Å². The molecule has 16 rings (SSSR count). The van der Waals surface area contributed by atoms with Crippen molar-refractivity contribution in [3.8, 4) is 0 Å². The number of hydrogen-bond acceptors (Lipinski definition) is 6. The van der Waals surface area contributed by atoms with Gasteiger partial charge in [-0.3, -0.25) is 0 Å². The second-order valence-electron chi connectivity index (χ2n) is 25.6. The van der Waals surface area contributed by atoms with Gasteiger partial charge in [-0.05, 0) is 245 Å². The molecule has 0 radical (unpaired) electrons. The predicted molar refractivity (Wildman–Crippen MR) is 413 cm³/mol. The molecule has 94 heavy (non-hydrogen) atoms. The fourth-order valence-corrected chi connectivity index (χ4v) is 16.7. The largest absolute Gasteiger partial charge is 0.311 e. The summed E-state index contributed by atoms with van der Waals surface area (Å²) in [5.74, 6) is 0. The zero-order valence-electron chi connectivity index (χ0n) is 53.7. The number of anilines is 15. The third kappa shape index (κ3) is 10.9. The Morgan fingerprint density at radius 2 is 0.702 bits per heavy atom. The van der Waals surface area contributed by atoms with E-state index in [-0.39, 0.29) is 13.4 Å². The Labute approximate surface area is 574 Å². The molecule has 0 saturated heterocycles.